The first-order chi connectivity index (χ1) is 9.17. The molecule has 3 heteroatoms. The normalized spacial score (nSPS) is 11.3. The van der Waals surface area contributed by atoms with E-state index >= 15 is 0 Å². The second-order valence-electron chi connectivity index (χ2n) is 4.48. The topological polar surface area (TPSA) is 49.3 Å². The summed E-state index contributed by atoms with van der Waals surface area (Å²) in [6, 6.07) is 7.67. The molecule has 0 aliphatic carbocycles. The number of aliphatic hydroxyl groups excluding tert-OH is 1. The Bertz CT molecular complexity index is 471. The van der Waals surface area contributed by atoms with Gasteiger partial charge in [0.1, 0.15) is 6.61 Å². The van der Waals surface area contributed by atoms with Gasteiger partial charge in [-0.05, 0) is 31.0 Å². The number of nitrogens with one attached hydrogen (secondary N) is 1. The van der Waals surface area contributed by atoms with Crippen LogP contribution in [-0.4, -0.2) is 17.6 Å². The molecule has 19 heavy (non-hydrogen) atoms. The third-order valence-corrected chi connectivity index (χ3v) is 2.83. The quantitative estimate of drug-likeness (QED) is 0.798. The van der Waals surface area contributed by atoms with Crippen LogP contribution in [0.5, 0.6) is 0 Å². The number of carbonyl (C=O) groups excluding carboxylic acids is 1. The predicted octanol–water partition coefficient (Wildman–Crippen LogP) is 2.40. The molecule has 0 saturated carbocycles. The van der Waals surface area contributed by atoms with Gasteiger partial charge in [0.25, 0.3) is 0 Å². The van der Waals surface area contributed by atoms with Crippen LogP contribution in [0.15, 0.2) is 24.3 Å². The van der Waals surface area contributed by atoms with E-state index in [0.29, 0.717) is 6.42 Å². The molecule has 1 unspecified atom stereocenters. The molecule has 0 aliphatic rings. The maximum Gasteiger partial charge on any atom is 0.220 e. The Labute approximate surface area is 115 Å². The fraction of sp³-hybridized carbons (Fsp3) is 0.438. The monoisotopic (exact) mass is 259 g/mol. The summed E-state index contributed by atoms with van der Waals surface area (Å²) in [5.41, 5.74) is 1.87. The molecule has 1 aromatic rings. The average Bonchev–Trinajstić information content (AvgIpc) is 2.43. The zero-order chi connectivity index (χ0) is 14.1. The second-order valence-corrected chi connectivity index (χ2v) is 4.48. The zero-order valence-corrected chi connectivity index (χ0v) is 11.6. The van der Waals surface area contributed by atoms with Crippen molar-refractivity contribution in [3.8, 4) is 11.8 Å². The molecular formula is C16H21NO2. The highest BCUT2D eigenvalue weighted by atomic mass is 16.2. The van der Waals surface area contributed by atoms with Crippen LogP contribution in [0.3, 0.4) is 0 Å². The summed E-state index contributed by atoms with van der Waals surface area (Å²) in [6.07, 6.45) is 2.51. The molecule has 0 fully saturated rings. The summed E-state index contributed by atoms with van der Waals surface area (Å²) in [5.74, 6) is 5.57. The molecule has 1 atom stereocenters. The number of carbonyl (C=O) groups is 1. The predicted molar refractivity (Wildman–Crippen MR) is 76.5 cm³/mol. The Morgan fingerprint density at radius 3 is 2.95 bits per heavy atom. The van der Waals surface area contributed by atoms with Gasteiger partial charge in [0.2, 0.25) is 5.91 Å². The maximum absolute atomic E-state index is 11.7. The van der Waals surface area contributed by atoms with Crippen LogP contribution in [0.25, 0.3) is 0 Å². The van der Waals surface area contributed by atoms with E-state index in [9.17, 15) is 4.79 Å². The number of rotatable bonds is 5. The Morgan fingerprint density at radius 2 is 2.26 bits per heavy atom. The van der Waals surface area contributed by atoms with Crippen molar-refractivity contribution in [2.45, 2.75) is 39.2 Å². The number of unbranched alkanes of at least 4 members (excludes halogenated alkanes) is 1. The molecule has 0 bridgehead atoms. The van der Waals surface area contributed by atoms with Crippen molar-refractivity contribution in [3.63, 3.8) is 0 Å². The molecule has 0 aliphatic heterocycles. The van der Waals surface area contributed by atoms with E-state index < -0.39 is 0 Å². The number of hydrogen-bond donors (Lipinski definition) is 2. The van der Waals surface area contributed by atoms with Gasteiger partial charge in [0.05, 0.1) is 6.04 Å². The molecule has 0 aromatic heterocycles. The van der Waals surface area contributed by atoms with Crippen LogP contribution >= 0.6 is 0 Å². The molecular weight excluding hydrogens is 238 g/mol. The number of hydrogen-bond acceptors (Lipinski definition) is 2. The molecule has 1 aromatic carbocycles. The third-order valence-electron chi connectivity index (χ3n) is 2.83. The molecule has 0 heterocycles. The molecule has 3 nitrogen and oxygen atoms in total. The van der Waals surface area contributed by atoms with Gasteiger partial charge in [-0.2, -0.15) is 0 Å². The van der Waals surface area contributed by atoms with Gasteiger partial charge in [0.15, 0.2) is 0 Å². The highest BCUT2D eigenvalue weighted by molar-refractivity contribution is 5.76. The lowest BCUT2D eigenvalue weighted by Crippen LogP contribution is -2.26. The fourth-order valence-electron chi connectivity index (χ4n) is 1.76. The summed E-state index contributed by atoms with van der Waals surface area (Å²) in [5, 5.41) is 11.7. The highest BCUT2D eigenvalue weighted by Crippen LogP contribution is 2.14. The molecule has 1 rings (SSSR count). The van der Waals surface area contributed by atoms with Crippen molar-refractivity contribution in [1.82, 2.24) is 5.32 Å². The van der Waals surface area contributed by atoms with Crippen LogP contribution in [0, 0.1) is 11.8 Å². The molecule has 0 spiro atoms. The fourth-order valence-corrected chi connectivity index (χ4v) is 1.76. The SMILES string of the molecule is CCCCC(=O)NC(C)c1cccc(C#CCO)c1. The largest absolute Gasteiger partial charge is 0.384 e. The summed E-state index contributed by atoms with van der Waals surface area (Å²) in [6.45, 7) is 3.88. The van der Waals surface area contributed by atoms with Crippen molar-refractivity contribution in [2.75, 3.05) is 6.61 Å². The highest BCUT2D eigenvalue weighted by Gasteiger charge is 2.09. The lowest BCUT2D eigenvalue weighted by Gasteiger charge is -2.14. The maximum atomic E-state index is 11.7. The summed E-state index contributed by atoms with van der Waals surface area (Å²) < 4.78 is 0. The van der Waals surface area contributed by atoms with Crippen molar-refractivity contribution < 1.29 is 9.90 Å². The number of aliphatic hydroxyl groups is 1. The summed E-state index contributed by atoms with van der Waals surface area (Å²) in [7, 11) is 0. The van der Waals surface area contributed by atoms with Crippen molar-refractivity contribution in [2.24, 2.45) is 0 Å². The second kappa shape index (κ2) is 8.34. The van der Waals surface area contributed by atoms with E-state index in [1.165, 1.54) is 0 Å². The van der Waals surface area contributed by atoms with Crippen molar-refractivity contribution in [3.05, 3.63) is 35.4 Å². The van der Waals surface area contributed by atoms with E-state index in [4.69, 9.17) is 5.11 Å². The molecule has 0 saturated heterocycles. The Kier molecular flexibility index (Phi) is 6.70. The van der Waals surface area contributed by atoms with E-state index in [-0.39, 0.29) is 18.6 Å². The minimum absolute atomic E-state index is 0.0276. The van der Waals surface area contributed by atoms with Gasteiger partial charge in [-0.25, -0.2) is 0 Å². The molecule has 0 radical (unpaired) electrons. The Hall–Kier alpha value is -1.79. The van der Waals surface area contributed by atoms with Gasteiger partial charge in [-0.3, -0.25) is 4.79 Å². The van der Waals surface area contributed by atoms with Crippen LogP contribution in [0.4, 0.5) is 0 Å². The molecule has 1 amide bonds. The first kappa shape index (κ1) is 15.3. The van der Waals surface area contributed by atoms with Gasteiger partial charge in [0, 0.05) is 12.0 Å². The van der Waals surface area contributed by atoms with Crippen LogP contribution in [0.2, 0.25) is 0 Å². The van der Waals surface area contributed by atoms with Gasteiger partial charge >= 0.3 is 0 Å². The average molecular weight is 259 g/mol. The van der Waals surface area contributed by atoms with Crippen LogP contribution in [-0.2, 0) is 4.79 Å². The van der Waals surface area contributed by atoms with E-state index in [1.54, 1.807) is 0 Å². The van der Waals surface area contributed by atoms with E-state index in [1.807, 2.05) is 31.2 Å². The van der Waals surface area contributed by atoms with Crippen molar-refractivity contribution in [1.29, 1.82) is 0 Å². The minimum Gasteiger partial charge on any atom is -0.384 e. The van der Waals surface area contributed by atoms with Crippen LogP contribution < -0.4 is 5.32 Å². The van der Waals surface area contributed by atoms with E-state index in [2.05, 4.69) is 24.1 Å². The van der Waals surface area contributed by atoms with Gasteiger partial charge in [-0.1, -0.05) is 37.3 Å². The smallest absolute Gasteiger partial charge is 0.220 e. The van der Waals surface area contributed by atoms with Gasteiger partial charge in [-0.15, -0.1) is 0 Å². The van der Waals surface area contributed by atoms with Gasteiger partial charge < -0.3 is 10.4 Å². The first-order valence-electron chi connectivity index (χ1n) is 6.66. The van der Waals surface area contributed by atoms with Crippen LogP contribution in [0.1, 0.15) is 50.3 Å². The standard InChI is InChI=1S/C16H21NO2/c1-3-4-10-16(19)17-13(2)15-9-5-7-14(12-15)8-6-11-18/h5,7,9,12-13,18H,3-4,10-11H2,1-2H3,(H,17,19). The Balaban J connectivity index is 2.66. The summed E-state index contributed by atoms with van der Waals surface area (Å²) >= 11 is 0. The summed E-state index contributed by atoms with van der Waals surface area (Å²) in [4.78, 5) is 11.7. The number of amides is 1. The lowest BCUT2D eigenvalue weighted by molar-refractivity contribution is -0.121. The molecule has 102 valence electrons. The van der Waals surface area contributed by atoms with Crippen molar-refractivity contribution >= 4 is 5.91 Å². The van der Waals surface area contributed by atoms with E-state index in [0.717, 1.165) is 24.0 Å². The number of benzene rings is 1. The third kappa shape index (κ3) is 5.58. The zero-order valence-electron chi connectivity index (χ0n) is 11.6. The molecule has 2 N–H and O–H groups in total. The minimum atomic E-state index is -0.145. The Morgan fingerprint density at radius 1 is 1.47 bits per heavy atom. The lowest BCUT2D eigenvalue weighted by atomic mass is 10.0. The first-order valence-corrected chi connectivity index (χ1v) is 6.66.